The number of unbranched alkanes of at least 4 members (excludes halogenated alkanes) is 1. The molecule has 0 fully saturated rings. The summed E-state index contributed by atoms with van der Waals surface area (Å²) in [5.41, 5.74) is 3.23. The minimum absolute atomic E-state index is 0.101. The first-order valence-electron chi connectivity index (χ1n) is 8.59. The van der Waals surface area contributed by atoms with Gasteiger partial charge in [0.25, 0.3) is 0 Å². The average Bonchev–Trinajstić information content (AvgIpc) is 2.99. The minimum atomic E-state index is -5.26. The number of hydrogen-bond acceptors (Lipinski definition) is 4. The molecule has 1 aromatic carbocycles. The van der Waals surface area contributed by atoms with Crippen molar-refractivity contribution in [2.75, 3.05) is 11.6 Å². The molecule has 5 nitrogen and oxygen atoms in total. The van der Waals surface area contributed by atoms with Crippen molar-refractivity contribution in [3.63, 3.8) is 0 Å². The monoisotopic (exact) mass is 515 g/mol. The fraction of sp³-hybridized carbons (Fsp3) is 0.278. The Morgan fingerprint density at radius 2 is 1.62 bits per heavy atom. The third-order valence-corrected chi connectivity index (χ3v) is 4.83. The van der Waals surface area contributed by atoms with Crippen molar-refractivity contribution in [3.05, 3.63) is 39.3 Å². The van der Waals surface area contributed by atoms with Gasteiger partial charge >= 0.3 is 12.4 Å². The standard InChI is InChI=1S/C18H10Cl3F6N5/c19-5-3-1-2-4-8-6-9(20)12(10(21)7-8)32-14(28)11-13(17(22,23)24)29-16(18(25,26)27)30-15(11)31-32/h6-7H,1,3,5,28H2. The maximum absolute atomic E-state index is 13.4. The Bertz CT molecular complexity index is 1220. The number of nitrogens with zero attached hydrogens (tertiary/aromatic N) is 4. The van der Waals surface area contributed by atoms with Gasteiger partial charge in [0.1, 0.15) is 11.5 Å². The molecule has 0 aliphatic carbocycles. The summed E-state index contributed by atoms with van der Waals surface area (Å²) in [6, 6.07) is 2.72. The lowest BCUT2D eigenvalue weighted by Crippen LogP contribution is -2.17. The number of anilines is 1. The zero-order valence-electron chi connectivity index (χ0n) is 15.5. The van der Waals surface area contributed by atoms with Crippen molar-refractivity contribution in [3.8, 4) is 17.5 Å². The average molecular weight is 517 g/mol. The van der Waals surface area contributed by atoms with Gasteiger partial charge in [0.2, 0.25) is 5.82 Å². The summed E-state index contributed by atoms with van der Waals surface area (Å²) >= 11 is 18.0. The van der Waals surface area contributed by atoms with Gasteiger partial charge in [0.15, 0.2) is 11.3 Å². The van der Waals surface area contributed by atoms with Gasteiger partial charge in [-0.1, -0.05) is 35.0 Å². The molecule has 0 saturated carbocycles. The van der Waals surface area contributed by atoms with Crippen LogP contribution >= 0.6 is 34.8 Å². The molecule has 2 heterocycles. The molecule has 2 aromatic heterocycles. The van der Waals surface area contributed by atoms with Crippen LogP contribution in [0.2, 0.25) is 10.0 Å². The molecule has 170 valence electrons. The number of benzene rings is 1. The maximum atomic E-state index is 13.4. The van der Waals surface area contributed by atoms with Gasteiger partial charge < -0.3 is 5.73 Å². The molecule has 0 saturated heterocycles. The SMILES string of the molecule is Nc1c2c(C(F)(F)F)nc(C(F)(F)F)nc2nn1-c1c(Cl)cc(C#CCCCCl)cc1Cl. The topological polar surface area (TPSA) is 69.6 Å². The Morgan fingerprint density at radius 1 is 1.00 bits per heavy atom. The van der Waals surface area contributed by atoms with Crippen LogP contribution in [0.1, 0.15) is 29.9 Å². The highest BCUT2D eigenvalue weighted by Gasteiger charge is 2.43. The third-order valence-electron chi connectivity index (χ3n) is 3.99. The minimum Gasteiger partial charge on any atom is -0.383 e. The van der Waals surface area contributed by atoms with Crippen molar-refractivity contribution in [1.82, 2.24) is 19.7 Å². The number of nitrogens with two attached hydrogens (primary N) is 1. The zero-order valence-corrected chi connectivity index (χ0v) is 17.8. The lowest BCUT2D eigenvalue weighted by Gasteiger charge is -2.11. The molecule has 0 bridgehead atoms. The highest BCUT2D eigenvalue weighted by molar-refractivity contribution is 6.38. The summed E-state index contributed by atoms with van der Waals surface area (Å²) in [5, 5.41) is 2.57. The van der Waals surface area contributed by atoms with Gasteiger partial charge in [-0.05, 0) is 18.6 Å². The molecule has 3 rings (SSSR count). The summed E-state index contributed by atoms with van der Waals surface area (Å²) in [6.45, 7) is 0. The number of rotatable bonds is 3. The second kappa shape index (κ2) is 8.84. The van der Waals surface area contributed by atoms with Crippen molar-refractivity contribution in [1.29, 1.82) is 0 Å². The van der Waals surface area contributed by atoms with E-state index in [4.69, 9.17) is 40.5 Å². The molecule has 3 aromatic rings. The zero-order chi connectivity index (χ0) is 23.8. The van der Waals surface area contributed by atoms with Crippen molar-refractivity contribution >= 4 is 51.7 Å². The van der Waals surface area contributed by atoms with Gasteiger partial charge in [-0.3, -0.25) is 0 Å². The second-order valence-corrected chi connectivity index (χ2v) is 7.46. The fourth-order valence-corrected chi connectivity index (χ4v) is 3.45. The van der Waals surface area contributed by atoms with E-state index in [2.05, 4.69) is 26.9 Å². The molecule has 0 amide bonds. The van der Waals surface area contributed by atoms with E-state index in [-0.39, 0.29) is 15.7 Å². The van der Waals surface area contributed by atoms with E-state index in [9.17, 15) is 26.3 Å². The van der Waals surface area contributed by atoms with E-state index in [1.54, 1.807) is 0 Å². The predicted octanol–water partition coefficient (Wildman–Crippen LogP) is 6.11. The van der Waals surface area contributed by atoms with E-state index in [1.165, 1.54) is 12.1 Å². The molecular formula is C18H10Cl3F6N5. The van der Waals surface area contributed by atoms with Crippen LogP contribution in [0.4, 0.5) is 32.2 Å². The lowest BCUT2D eigenvalue weighted by molar-refractivity contribution is -0.151. The normalized spacial score (nSPS) is 12.2. The van der Waals surface area contributed by atoms with Gasteiger partial charge in [0.05, 0.1) is 15.4 Å². The molecule has 0 radical (unpaired) electrons. The Balaban J connectivity index is 2.22. The summed E-state index contributed by atoms with van der Waals surface area (Å²) in [7, 11) is 0. The van der Waals surface area contributed by atoms with E-state index < -0.39 is 40.7 Å². The smallest absolute Gasteiger partial charge is 0.383 e. The van der Waals surface area contributed by atoms with E-state index in [1.807, 2.05) is 0 Å². The molecule has 2 N–H and O–H groups in total. The number of aromatic nitrogens is 4. The van der Waals surface area contributed by atoms with Crippen LogP contribution in [0.25, 0.3) is 16.7 Å². The van der Waals surface area contributed by atoms with E-state index >= 15 is 0 Å². The molecule has 0 aliphatic heterocycles. The predicted molar refractivity (Wildman–Crippen MR) is 108 cm³/mol. The lowest BCUT2D eigenvalue weighted by atomic mass is 10.2. The molecule has 32 heavy (non-hydrogen) atoms. The van der Waals surface area contributed by atoms with Crippen molar-refractivity contribution in [2.24, 2.45) is 0 Å². The maximum Gasteiger partial charge on any atom is 0.451 e. The number of fused-ring (bicyclic) bond motifs is 1. The van der Waals surface area contributed by atoms with Gasteiger partial charge in [-0.15, -0.1) is 16.7 Å². The third kappa shape index (κ3) is 4.82. The van der Waals surface area contributed by atoms with Crippen LogP contribution in [0.3, 0.4) is 0 Å². The van der Waals surface area contributed by atoms with Gasteiger partial charge in [0, 0.05) is 17.9 Å². The van der Waals surface area contributed by atoms with Gasteiger partial charge in [-0.2, -0.15) is 26.3 Å². The Hall–Kier alpha value is -2.42. The molecule has 14 heteroatoms. The van der Waals surface area contributed by atoms with Crippen molar-refractivity contribution < 1.29 is 26.3 Å². The van der Waals surface area contributed by atoms with Crippen LogP contribution in [-0.4, -0.2) is 25.6 Å². The van der Waals surface area contributed by atoms with Gasteiger partial charge in [-0.25, -0.2) is 14.6 Å². The molecule has 0 unspecified atom stereocenters. The second-order valence-electron chi connectivity index (χ2n) is 6.27. The van der Waals surface area contributed by atoms with E-state index in [0.29, 0.717) is 29.0 Å². The fourth-order valence-electron chi connectivity index (χ4n) is 2.67. The molecular weight excluding hydrogens is 507 g/mol. The number of nitrogen functional groups attached to an aromatic ring is 1. The molecule has 0 aliphatic rings. The Kier molecular flexibility index (Phi) is 6.70. The molecule has 0 atom stereocenters. The van der Waals surface area contributed by atoms with Crippen LogP contribution in [0.15, 0.2) is 12.1 Å². The summed E-state index contributed by atoms with van der Waals surface area (Å²) in [5.74, 6) is 3.37. The first-order chi connectivity index (χ1) is 14.8. The first-order valence-corrected chi connectivity index (χ1v) is 9.88. The van der Waals surface area contributed by atoms with Crippen LogP contribution in [0.5, 0.6) is 0 Å². The number of hydrogen-bond donors (Lipinski definition) is 1. The van der Waals surface area contributed by atoms with Crippen LogP contribution in [-0.2, 0) is 12.4 Å². The number of halogens is 9. The van der Waals surface area contributed by atoms with Crippen LogP contribution < -0.4 is 5.73 Å². The Labute approximate surface area is 191 Å². The van der Waals surface area contributed by atoms with Crippen LogP contribution in [0, 0.1) is 11.8 Å². The number of alkyl halides is 7. The van der Waals surface area contributed by atoms with E-state index in [0.717, 1.165) is 0 Å². The first kappa shape index (κ1) is 24.2. The Morgan fingerprint density at radius 3 is 2.16 bits per heavy atom. The molecule has 0 spiro atoms. The summed E-state index contributed by atoms with van der Waals surface area (Å²) in [4.78, 5) is 5.73. The highest BCUT2D eigenvalue weighted by atomic mass is 35.5. The van der Waals surface area contributed by atoms with Crippen molar-refractivity contribution in [2.45, 2.75) is 25.2 Å². The summed E-state index contributed by atoms with van der Waals surface area (Å²) in [6.07, 6.45) is -9.34. The quantitative estimate of drug-likeness (QED) is 0.197. The highest BCUT2D eigenvalue weighted by Crippen LogP contribution is 2.40. The summed E-state index contributed by atoms with van der Waals surface area (Å²) < 4.78 is 80.0. The largest absolute Gasteiger partial charge is 0.451 e.